The van der Waals surface area contributed by atoms with Gasteiger partial charge in [0.25, 0.3) is 5.91 Å². The summed E-state index contributed by atoms with van der Waals surface area (Å²) in [7, 11) is 1.83. The highest BCUT2D eigenvalue weighted by Gasteiger charge is 2.19. The maximum Gasteiger partial charge on any atom is 0.259 e. The van der Waals surface area contributed by atoms with E-state index < -0.39 is 0 Å². The van der Waals surface area contributed by atoms with E-state index in [2.05, 4.69) is 22.2 Å². The zero-order valence-corrected chi connectivity index (χ0v) is 15.8. The van der Waals surface area contributed by atoms with Crippen LogP contribution in [0.3, 0.4) is 0 Å². The first kappa shape index (κ1) is 17.9. The Hall–Kier alpha value is -3.47. The molecule has 2 aromatic heterocycles. The van der Waals surface area contributed by atoms with Gasteiger partial charge in [0.1, 0.15) is 5.56 Å². The summed E-state index contributed by atoms with van der Waals surface area (Å²) in [6, 6.07) is 22.2. The van der Waals surface area contributed by atoms with Gasteiger partial charge in [-0.2, -0.15) is 5.10 Å². The third-order valence-electron chi connectivity index (χ3n) is 4.85. The van der Waals surface area contributed by atoms with Crippen LogP contribution < -0.4 is 0 Å². The van der Waals surface area contributed by atoms with Crippen molar-refractivity contribution in [2.75, 3.05) is 13.6 Å². The molecule has 0 bridgehead atoms. The lowest BCUT2D eigenvalue weighted by atomic mass is 10.1. The van der Waals surface area contributed by atoms with Gasteiger partial charge in [0, 0.05) is 25.4 Å². The fraction of sp³-hybridized carbons (Fsp3) is 0.174. The Morgan fingerprint density at radius 3 is 2.46 bits per heavy atom. The summed E-state index contributed by atoms with van der Waals surface area (Å²) in [5.74, 6) is -0.0548. The Bertz CT molecular complexity index is 1070. The first-order valence-electron chi connectivity index (χ1n) is 9.41. The standard InChI is InChI=1S/C23H22N4O/c1-26(16-8-11-18-9-4-2-5-10-18)23(28)20-17-25-27-21(14-15-24-22(20)27)19-12-6-3-7-13-19/h2-7,9-10,12-15,17H,8,11,16H2,1H3. The van der Waals surface area contributed by atoms with E-state index in [1.54, 1.807) is 21.8 Å². The molecular weight excluding hydrogens is 348 g/mol. The number of carbonyl (C=O) groups excluding carboxylic acids is 1. The van der Waals surface area contributed by atoms with Crippen LogP contribution >= 0.6 is 0 Å². The maximum atomic E-state index is 12.9. The van der Waals surface area contributed by atoms with Gasteiger partial charge in [0.05, 0.1) is 11.9 Å². The molecule has 0 radical (unpaired) electrons. The number of carbonyl (C=O) groups is 1. The molecule has 5 nitrogen and oxygen atoms in total. The van der Waals surface area contributed by atoms with Crippen molar-refractivity contribution in [2.24, 2.45) is 0 Å². The van der Waals surface area contributed by atoms with Crippen molar-refractivity contribution < 1.29 is 4.79 Å². The minimum atomic E-state index is -0.0548. The summed E-state index contributed by atoms with van der Waals surface area (Å²) >= 11 is 0. The largest absolute Gasteiger partial charge is 0.342 e. The van der Waals surface area contributed by atoms with E-state index in [1.807, 2.05) is 61.6 Å². The third kappa shape index (κ3) is 3.64. The molecule has 2 heterocycles. The van der Waals surface area contributed by atoms with Gasteiger partial charge >= 0.3 is 0 Å². The van der Waals surface area contributed by atoms with Crippen LogP contribution in [0.5, 0.6) is 0 Å². The molecule has 0 N–H and O–H groups in total. The normalized spacial score (nSPS) is 10.9. The number of hydrogen-bond acceptors (Lipinski definition) is 3. The molecule has 0 spiro atoms. The molecule has 0 aliphatic carbocycles. The van der Waals surface area contributed by atoms with Gasteiger partial charge in [-0.05, 0) is 24.5 Å². The molecular formula is C23H22N4O. The van der Waals surface area contributed by atoms with E-state index in [9.17, 15) is 4.79 Å². The predicted molar refractivity (Wildman–Crippen MR) is 110 cm³/mol. The Kier molecular flexibility index (Phi) is 5.15. The van der Waals surface area contributed by atoms with Crippen LogP contribution in [0.15, 0.2) is 79.1 Å². The van der Waals surface area contributed by atoms with E-state index in [0.29, 0.717) is 17.8 Å². The minimum Gasteiger partial charge on any atom is -0.342 e. The molecule has 0 aliphatic heterocycles. The average Bonchev–Trinajstić information content (AvgIpc) is 3.18. The Morgan fingerprint density at radius 2 is 1.71 bits per heavy atom. The molecule has 0 saturated carbocycles. The third-order valence-corrected chi connectivity index (χ3v) is 4.85. The predicted octanol–water partition coefficient (Wildman–Crippen LogP) is 4.10. The van der Waals surface area contributed by atoms with Crippen molar-refractivity contribution in [2.45, 2.75) is 12.8 Å². The number of aromatic nitrogens is 3. The fourth-order valence-corrected chi connectivity index (χ4v) is 3.34. The molecule has 2 aromatic carbocycles. The molecule has 0 saturated heterocycles. The van der Waals surface area contributed by atoms with Crippen molar-refractivity contribution in [3.8, 4) is 11.3 Å². The summed E-state index contributed by atoms with van der Waals surface area (Å²) < 4.78 is 1.74. The van der Waals surface area contributed by atoms with Gasteiger partial charge in [0.2, 0.25) is 0 Å². The molecule has 4 aromatic rings. The quantitative estimate of drug-likeness (QED) is 0.513. The first-order chi connectivity index (χ1) is 13.7. The van der Waals surface area contributed by atoms with Gasteiger partial charge in [0.15, 0.2) is 5.65 Å². The smallest absolute Gasteiger partial charge is 0.259 e. The van der Waals surface area contributed by atoms with Gasteiger partial charge in [-0.3, -0.25) is 4.79 Å². The van der Waals surface area contributed by atoms with Crippen LogP contribution in [0.4, 0.5) is 0 Å². The zero-order chi connectivity index (χ0) is 19.3. The van der Waals surface area contributed by atoms with Crippen LogP contribution in [0, 0.1) is 0 Å². The summed E-state index contributed by atoms with van der Waals surface area (Å²) in [5.41, 5.74) is 4.35. The molecule has 28 heavy (non-hydrogen) atoms. The second kappa shape index (κ2) is 8.05. The molecule has 0 aliphatic rings. The Balaban J connectivity index is 1.51. The molecule has 4 rings (SSSR count). The van der Waals surface area contributed by atoms with Crippen molar-refractivity contribution >= 4 is 11.6 Å². The number of amides is 1. The van der Waals surface area contributed by atoms with Crippen LogP contribution in [0.1, 0.15) is 22.3 Å². The van der Waals surface area contributed by atoms with Crippen LogP contribution in [-0.4, -0.2) is 39.0 Å². The molecule has 5 heteroatoms. The number of hydrogen-bond donors (Lipinski definition) is 0. The highest BCUT2D eigenvalue weighted by Crippen LogP contribution is 2.21. The highest BCUT2D eigenvalue weighted by atomic mass is 16.2. The average molecular weight is 370 g/mol. The van der Waals surface area contributed by atoms with Crippen molar-refractivity contribution in [1.82, 2.24) is 19.5 Å². The van der Waals surface area contributed by atoms with Gasteiger partial charge in [-0.1, -0.05) is 60.7 Å². The Labute approximate surface area is 164 Å². The number of nitrogens with zero attached hydrogens (tertiary/aromatic N) is 4. The number of rotatable bonds is 6. The summed E-state index contributed by atoms with van der Waals surface area (Å²) in [6.07, 6.45) is 5.20. The summed E-state index contributed by atoms with van der Waals surface area (Å²) in [6.45, 7) is 0.684. The van der Waals surface area contributed by atoms with Crippen molar-refractivity contribution in [3.63, 3.8) is 0 Å². The van der Waals surface area contributed by atoms with Crippen LogP contribution in [-0.2, 0) is 6.42 Å². The maximum absolute atomic E-state index is 12.9. The van der Waals surface area contributed by atoms with E-state index >= 15 is 0 Å². The molecule has 0 atom stereocenters. The van der Waals surface area contributed by atoms with Crippen molar-refractivity contribution in [3.05, 3.63) is 90.3 Å². The number of benzene rings is 2. The lowest BCUT2D eigenvalue weighted by molar-refractivity contribution is 0.0795. The topological polar surface area (TPSA) is 50.5 Å². The molecule has 0 fully saturated rings. The molecule has 1 amide bonds. The fourth-order valence-electron chi connectivity index (χ4n) is 3.34. The van der Waals surface area contributed by atoms with Crippen LogP contribution in [0.25, 0.3) is 16.9 Å². The van der Waals surface area contributed by atoms with E-state index in [-0.39, 0.29) is 5.91 Å². The highest BCUT2D eigenvalue weighted by molar-refractivity contribution is 5.99. The zero-order valence-electron chi connectivity index (χ0n) is 15.8. The molecule has 0 unspecified atom stereocenters. The first-order valence-corrected chi connectivity index (χ1v) is 9.41. The van der Waals surface area contributed by atoms with Crippen LogP contribution in [0.2, 0.25) is 0 Å². The van der Waals surface area contributed by atoms with Gasteiger partial charge in [-0.25, -0.2) is 9.50 Å². The van der Waals surface area contributed by atoms with Gasteiger partial charge < -0.3 is 4.90 Å². The lowest BCUT2D eigenvalue weighted by Gasteiger charge is -2.16. The van der Waals surface area contributed by atoms with E-state index in [1.165, 1.54) is 5.56 Å². The minimum absolute atomic E-state index is 0.0548. The number of aryl methyl sites for hydroxylation is 1. The monoisotopic (exact) mass is 370 g/mol. The number of fused-ring (bicyclic) bond motifs is 1. The second-order valence-corrected chi connectivity index (χ2v) is 6.81. The molecule has 140 valence electrons. The Morgan fingerprint density at radius 1 is 1.00 bits per heavy atom. The second-order valence-electron chi connectivity index (χ2n) is 6.81. The lowest BCUT2D eigenvalue weighted by Crippen LogP contribution is -2.28. The summed E-state index contributed by atoms with van der Waals surface area (Å²) in [4.78, 5) is 19.1. The van der Waals surface area contributed by atoms with E-state index in [0.717, 1.165) is 24.1 Å². The van der Waals surface area contributed by atoms with Crippen molar-refractivity contribution in [1.29, 1.82) is 0 Å². The SMILES string of the molecule is CN(CCCc1ccccc1)C(=O)c1cnn2c(-c3ccccc3)ccnc12. The van der Waals surface area contributed by atoms with Gasteiger partial charge in [-0.15, -0.1) is 0 Å². The summed E-state index contributed by atoms with van der Waals surface area (Å²) in [5, 5.41) is 4.43. The van der Waals surface area contributed by atoms with E-state index in [4.69, 9.17) is 0 Å².